The van der Waals surface area contributed by atoms with Crippen LogP contribution in [0.4, 0.5) is 0 Å². The number of thiazole rings is 1. The Hall–Kier alpha value is -0.450. The molecule has 1 aromatic heterocycles. The van der Waals surface area contributed by atoms with Crippen LogP contribution < -0.4 is 5.32 Å². The Kier molecular flexibility index (Phi) is 7.70. The minimum Gasteiger partial charge on any atom is -0.371 e. The second-order valence-corrected chi connectivity index (χ2v) is 6.90. The summed E-state index contributed by atoms with van der Waals surface area (Å²) in [6.45, 7) is 14.7. The van der Waals surface area contributed by atoms with Gasteiger partial charge in [0.1, 0.15) is 11.1 Å². The lowest BCUT2D eigenvalue weighted by molar-refractivity contribution is 0.0554. The van der Waals surface area contributed by atoms with Gasteiger partial charge in [0.2, 0.25) is 0 Å². The molecule has 1 atom stereocenters. The first-order valence-electron chi connectivity index (χ1n) is 7.83. The number of hydrogen-bond acceptors (Lipinski definition) is 4. The first-order valence-corrected chi connectivity index (χ1v) is 8.65. The number of hydrogen-bond donors (Lipinski definition) is 1. The summed E-state index contributed by atoms with van der Waals surface area (Å²) >= 11 is 1.82. The van der Waals surface area contributed by atoms with E-state index in [4.69, 9.17) is 9.72 Å². The molecule has 3 nitrogen and oxygen atoms in total. The van der Waals surface area contributed by atoms with Crippen LogP contribution in [-0.4, -0.2) is 17.6 Å². The van der Waals surface area contributed by atoms with E-state index < -0.39 is 0 Å². The van der Waals surface area contributed by atoms with Crippen molar-refractivity contribution in [2.24, 2.45) is 0 Å². The van der Waals surface area contributed by atoms with Gasteiger partial charge in [-0.05, 0) is 19.3 Å². The van der Waals surface area contributed by atoms with Gasteiger partial charge in [-0.3, -0.25) is 0 Å². The van der Waals surface area contributed by atoms with Crippen molar-refractivity contribution in [1.29, 1.82) is 0 Å². The molecule has 1 aromatic rings. The lowest BCUT2D eigenvalue weighted by Crippen LogP contribution is -2.22. The first kappa shape index (κ1) is 17.6. The van der Waals surface area contributed by atoms with E-state index >= 15 is 0 Å². The summed E-state index contributed by atoms with van der Waals surface area (Å²) < 4.78 is 5.87. The molecule has 20 heavy (non-hydrogen) atoms. The third-order valence-corrected chi connectivity index (χ3v) is 4.32. The molecule has 1 rings (SSSR count). The molecule has 0 radical (unpaired) electrons. The molecule has 0 spiro atoms. The summed E-state index contributed by atoms with van der Waals surface area (Å²) in [5.74, 6) is 0.466. The Bertz CT molecular complexity index is 382. The summed E-state index contributed by atoms with van der Waals surface area (Å²) in [5, 5.41) is 4.65. The molecule has 0 bridgehead atoms. The van der Waals surface area contributed by atoms with E-state index in [1.165, 1.54) is 10.6 Å². The molecule has 0 aromatic carbocycles. The van der Waals surface area contributed by atoms with Crippen LogP contribution in [0.1, 0.15) is 82.0 Å². The molecule has 4 heteroatoms. The smallest absolute Gasteiger partial charge is 0.122 e. The Morgan fingerprint density at radius 2 is 1.90 bits per heavy atom. The van der Waals surface area contributed by atoms with Gasteiger partial charge in [-0.15, -0.1) is 11.3 Å². The van der Waals surface area contributed by atoms with Crippen LogP contribution in [0, 0.1) is 0 Å². The highest BCUT2D eigenvalue weighted by molar-refractivity contribution is 7.11. The van der Waals surface area contributed by atoms with Crippen molar-refractivity contribution in [3.8, 4) is 0 Å². The van der Waals surface area contributed by atoms with E-state index in [9.17, 15) is 0 Å². The van der Waals surface area contributed by atoms with Gasteiger partial charge in [0.25, 0.3) is 0 Å². The van der Waals surface area contributed by atoms with Gasteiger partial charge in [-0.2, -0.15) is 0 Å². The predicted molar refractivity (Wildman–Crippen MR) is 87.5 cm³/mol. The van der Waals surface area contributed by atoms with Gasteiger partial charge in [0, 0.05) is 24.1 Å². The molecule has 0 amide bonds. The molecule has 0 saturated heterocycles. The third kappa shape index (κ3) is 5.15. The summed E-state index contributed by atoms with van der Waals surface area (Å²) in [5.41, 5.74) is 1.24. The van der Waals surface area contributed by atoms with Gasteiger partial charge in [0.15, 0.2) is 0 Å². The lowest BCUT2D eigenvalue weighted by atomic mass is 10.1. The van der Waals surface area contributed by atoms with Crippen molar-refractivity contribution in [2.75, 3.05) is 6.61 Å². The van der Waals surface area contributed by atoms with Gasteiger partial charge in [-0.1, -0.05) is 41.0 Å². The number of ether oxygens (including phenoxy) is 1. The fraction of sp³-hybridized carbons (Fsp3) is 0.812. The Morgan fingerprint density at radius 3 is 2.40 bits per heavy atom. The maximum Gasteiger partial charge on any atom is 0.122 e. The second-order valence-electron chi connectivity index (χ2n) is 5.78. The van der Waals surface area contributed by atoms with Crippen LogP contribution >= 0.6 is 11.3 Å². The zero-order chi connectivity index (χ0) is 15.1. The van der Waals surface area contributed by atoms with Crippen molar-refractivity contribution in [3.05, 3.63) is 15.6 Å². The topological polar surface area (TPSA) is 34.1 Å². The fourth-order valence-corrected chi connectivity index (χ4v) is 3.39. The van der Waals surface area contributed by atoms with E-state index in [1.54, 1.807) is 0 Å². The highest BCUT2D eigenvalue weighted by Gasteiger charge is 2.20. The molecule has 1 N–H and O–H groups in total. The summed E-state index contributed by atoms with van der Waals surface area (Å²) in [6, 6.07) is 0.499. The van der Waals surface area contributed by atoms with Crippen LogP contribution in [-0.2, 0) is 11.3 Å². The van der Waals surface area contributed by atoms with Crippen molar-refractivity contribution in [2.45, 2.75) is 79.0 Å². The van der Waals surface area contributed by atoms with E-state index in [-0.39, 0.29) is 6.10 Å². The largest absolute Gasteiger partial charge is 0.371 e. The van der Waals surface area contributed by atoms with Gasteiger partial charge >= 0.3 is 0 Å². The van der Waals surface area contributed by atoms with E-state index in [2.05, 4.69) is 46.9 Å². The minimum absolute atomic E-state index is 0.167. The van der Waals surface area contributed by atoms with Crippen molar-refractivity contribution in [1.82, 2.24) is 10.3 Å². The molecule has 0 aliphatic rings. The Labute approximate surface area is 128 Å². The van der Waals surface area contributed by atoms with Gasteiger partial charge < -0.3 is 10.1 Å². The third-order valence-electron chi connectivity index (χ3n) is 3.16. The van der Waals surface area contributed by atoms with E-state index in [0.29, 0.717) is 12.0 Å². The molecule has 0 aliphatic carbocycles. The van der Waals surface area contributed by atoms with Gasteiger partial charge in [0.05, 0.1) is 5.69 Å². The molecule has 0 fully saturated rings. The monoisotopic (exact) mass is 298 g/mol. The standard InChI is InChI=1S/C16H30N2OS/c1-7-9-13(19-8-2)16-18-15(11(3)4)14(20-16)10-17-12(5)6/h11-13,17H,7-10H2,1-6H3. The SMILES string of the molecule is CCCC(OCC)c1nc(C(C)C)c(CNC(C)C)s1. The van der Waals surface area contributed by atoms with Gasteiger partial charge in [-0.25, -0.2) is 4.98 Å². The quantitative estimate of drug-likeness (QED) is 0.721. The first-order chi connectivity index (χ1) is 9.49. The number of rotatable bonds is 9. The second kappa shape index (κ2) is 8.75. The highest BCUT2D eigenvalue weighted by Crippen LogP contribution is 2.32. The van der Waals surface area contributed by atoms with Crippen LogP contribution in [0.25, 0.3) is 0 Å². The van der Waals surface area contributed by atoms with E-state index in [0.717, 1.165) is 31.0 Å². The van der Waals surface area contributed by atoms with Crippen molar-refractivity contribution in [3.63, 3.8) is 0 Å². The van der Waals surface area contributed by atoms with Crippen molar-refractivity contribution >= 4 is 11.3 Å². The average molecular weight is 298 g/mol. The Balaban J connectivity index is 2.93. The maximum absolute atomic E-state index is 5.87. The summed E-state index contributed by atoms with van der Waals surface area (Å²) in [4.78, 5) is 6.24. The van der Waals surface area contributed by atoms with Crippen LogP contribution in [0.3, 0.4) is 0 Å². The molecule has 1 heterocycles. The van der Waals surface area contributed by atoms with Crippen LogP contribution in [0.5, 0.6) is 0 Å². The van der Waals surface area contributed by atoms with Crippen molar-refractivity contribution < 1.29 is 4.74 Å². The normalized spacial score (nSPS) is 13.4. The summed E-state index contributed by atoms with van der Waals surface area (Å²) in [6.07, 6.45) is 2.34. The molecule has 116 valence electrons. The average Bonchev–Trinajstić information content (AvgIpc) is 2.80. The van der Waals surface area contributed by atoms with E-state index in [1.807, 2.05) is 11.3 Å². The minimum atomic E-state index is 0.167. The van der Waals surface area contributed by atoms with Crippen LogP contribution in [0.15, 0.2) is 0 Å². The molecule has 0 saturated carbocycles. The lowest BCUT2D eigenvalue weighted by Gasteiger charge is -2.13. The maximum atomic E-state index is 5.87. The summed E-state index contributed by atoms with van der Waals surface area (Å²) in [7, 11) is 0. The highest BCUT2D eigenvalue weighted by atomic mass is 32.1. The molecule has 0 aliphatic heterocycles. The number of aromatic nitrogens is 1. The number of nitrogens with zero attached hydrogens (tertiary/aromatic N) is 1. The van der Waals surface area contributed by atoms with Crippen LogP contribution in [0.2, 0.25) is 0 Å². The fourth-order valence-electron chi connectivity index (χ4n) is 2.14. The molecule has 1 unspecified atom stereocenters. The Morgan fingerprint density at radius 1 is 1.20 bits per heavy atom. The predicted octanol–water partition coefficient (Wildman–Crippen LogP) is 4.64. The molecular formula is C16H30N2OS. The molecular weight excluding hydrogens is 268 g/mol. The zero-order valence-corrected chi connectivity index (χ0v) is 14.6. The number of nitrogens with one attached hydrogen (secondary N) is 1. The zero-order valence-electron chi connectivity index (χ0n) is 13.8.